The lowest BCUT2D eigenvalue weighted by atomic mass is 9.81. The molecular weight excluding hydrogens is 567 g/mol. The molecule has 0 amide bonds. The van der Waals surface area contributed by atoms with Crippen LogP contribution in [0.1, 0.15) is 49.9 Å². The third kappa shape index (κ3) is 4.02. The van der Waals surface area contributed by atoms with Gasteiger partial charge in [0.2, 0.25) is 0 Å². The summed E-state index contributed by atoms with van der Waals surface area (Å²) in [6, 6.07) is 56.3. The number of fused-ring (bicyclic) bond motifs is 7. The first-order valence-corrected chi connectivity index (χ1v) is 16.7. The van der Waals surface area contributed by atoms with E-state index in [9.17, 15) is 0 Å². The zero-order valence-electron chi connectivity index (χ0n) is 27.4. The van der Waals surface area contributed by atoms with Crippen LogP contribution in [-0.4, -0.2) is 0 Å². The highest BCUT2D eigenvalue weighted by Crippen LogP contribution is 2.53. The minimum atomic E-state index is -0.0556. The molecule has 7 aromatic carbocycles. The molecule has 0 radical (unpaired) electrons. The van der Waals surface area contributed by atoms with Gasteiger partial charge in [-0.05, 0) is 97.4 Å². The molecule has 7 aromatic rings. The zero-order chi connectivity index (χ0) is 31.9. The van der Waals surface area contributed by atoms with E-state index in [-0.39, 0.29) is 10.8 Å². The Morgan fingerprint density at radius 2 is 0.957 bits per heavy atom. The number of benzene rings is 7. The Kier molecular flexibility index (Phi) is 5.96. The number of hydrogen-bond acceptors (Lipinski definition) is 1. The first-order chi connectivity index (χ1) is 22.8. The van der Waals surface area contributed by atoms with E-state index >= 15 is 0 Å². The van der Waals surface area contributed by atoms with Gasteiger partial charge >= 0.3 is 0 Å². The Morgan fingerprint density at radius 3 is 1.70 bits per heavy atom. The van der Waals surface area contributed by atoms with Crippen LogP contribution in [0.5, 0.6) is 0 Å². The predicted molar refractivity (Wildman–Crippen MR) is 199 cm³/mol. The number of rotatable bonds is 4. The van der Waals surface area contributed by atoms with Gasteiger partial charge in [-0.3, -0.25) is 0 Å². The van der Waals surface area contributed by atoms with Gasteiger partial charge in [-0.2, -0.15) is 0 Å². The molecule has 0 aromatic heterocycles. The molecule has 9 rings (SSSR count). The van der Waals surface area contributed by atoms with Gasteiger partial charge in [0.05, 0.1) is 5.69 Å². The molecule has 0 spiro atoms. The molecule has 0 atom stereocenters. The summed E-state index contributed by atoms with van der Waals surface area (Å²) >= 11 is 0. The van der Waals surface area contributed by atoms with Gasteiger partial charge in [0.25, 0.3) is 0 Å². The van der Waals surface area contributed by atoms with Crippen molar-refractivity contribution in [2.75, 3.05) is 4.90 Å². The van der Waals surface area contributed by atoms with Crippen LogP contribution >= 0.6 is 0 Å². The maximum absolute atomic E-state index is 2.45. The first-order valence-electron chi connectivity index (χ1n) is 16.7. The van der Waals surface area contributed by atoms with Crippen molar-refractivity contribution in [2.24, 2.45) is 0 Å². The van der Waals surface area contributed by atoms with Crippen LogP contribution in [0.4, 0.5) is 17.1 Å². The second-order valence-electron chi connectivity index (χ2n) is 14.2. The summed E-state index contributed by atoms with van der Waals surface area (Å²) in [5, 5.41) is 2.49. The number of anilines is 3. The molecule has 0 heterocycles. The van der Waals surface area contributed by atoms with Gasteiger partial charge in [0, 0.05) is 27.6 Å². The summed E-state index contributed by atoms with van der Waals surface area (Å²) in [7, 11) is 0. The van der Waals surface area contributed by atoms with Crippen LogP contribution < -0.4 is 4.90 Å². The van der Waals surface area contributed by atoms with Crippen LogP contribution in [-0.2, 0) is 10.8 Å². The molecule has 0 unspecified atom stereocenters. The summed E-state index contributed by atoms with van der Waals surface area (Å²) in [6.07, 6.45) is 0. The molecule has 2 aliphatic carbocycles. The quantitative estimate of drug-likeness (QED) is 0.193. The summed E-state index contributed by atoms with van der Waals surface area (Å²) in [4.78, 5) is 2.45. The first kappa shape index (κ1) is 27.9. The average molecular weight is 604 g/mol. The minimum Gasteiger partial charge on any atom is -0.310 e. The maximum atomic E-state index is 2.45. The fraction of sp³-hybridized carbons (Fsp3) is 0.130. The maximum Gasteiger partial charge on any atom is 0.0546 e. The Labute approximate surface area is 277 Å². The minimum absolute atomic E-state index is 0.0321. The number of nitrogens with zero attached hydrogens (tertiary/aromatic N) is 1. The third-order valence-electron chi connectivity index (χ3n) is 10.9. The van der Waals surface area contributed by atoms with Crippen molar-refractivity contribution in [1.82, 2.24) is 0 Å². The van der Waals surface area contributed by atoms with Crippen molar-refractivity contribution >= 4 is 27.8 Å². The highest BCUT2D eigenvalue weighted by molar-refractivity contribution is 6.08. The molecule has 2 aliphatic rings. The monoisotopic (exact) mass is 603 g/mol. The van der Waals surface area contributed by atoms with Gasteiger partial charge in [0.15, 0.2) is 0 Å². The van der Waals surface area contributed by atoms with Crippen LogP contribution in [0.25, 0.3) is 44.2 Å². The summed E-state index contributed by atoms with van der Waals surface area (Å²) in [5.41, 5.74) is 16.8. The molecule has 47 heavy (non-hydrogen) atoms. The SMILES string of the molecule is CC1(C)c2ccccc2-c2cc(N(c3ccccc3)c3cccc4cccc(-c5ccc6c(c5)C(C)(C)c5ccccc5-6)c34)ccc21. The standard InChI is InChI=1S/C46H37N/c1-45(2)40-22-11-9-19-36(40)38-29-33(25-27-41(38)45)47(32-16-6-5-7-17-32)43-23-13-15-30-14-12-20-34(44(30)43)31-24-26-37-35-18-8-10-21-39(35)46(3,4)42(37)28-31/h5-29H,1-4H3. The normalized spacial score (nSPS) is 14.7. The van der Waals surface area contributed by atoms with E-state index in [4.69, 9.17) is 0 Å². The number of para-hydroxylation sites is 1. The topological polar surface area (TPSA) is 3.24 Å². The predicted octanol–water partition coefficient (Wildman–Crippen LogP) is 12.6. The summed E-state index contributed by atoms with van der Waals surface area (Å²) < 4.78 is 0. The van der Waals surface area contributed by atoms with Crippen LogP contribution in [0.2, 0.25) is 0 Å². The number of hydrogen-bond donors (Lipinski definition) is 0. The molecule has 0 saturated heterocycles. The molecule has 1 nitrogen and oxygen atoms in total. The molecule has 0 N–H and O–H groups in total. The van der Waals surface area contributed by atoms with Crippen molar-refractivity contribution in [3.63, 3.8) is 0 Å². The molecular formula is C46H37N. The Hall–Kier alpha value is -5.40. The molecule has 0 aliphatic heterocycles. The van der Waals surface area contributed by atoms with Crippen molar-refractivity contribution in [3.8, 4) is 33.4 Å². The van der Waals surface area contributed by atoms with E-state index in [1.807, 2.05) is 0 Å². The van der Waals surface area contributed by atoms with Crippen molar-refractivity contribution < 1.29 is 0 Å². The van der Waals surface area contributed by atoms with E-state index in [2.05, 4.69) is 184 Å². The van der Waals surface area contributed by atoms with Gasteiger partial charge in [-0.1, -0.05) is 143 Å². The smallest absolute Gasteiger partial charge is 0.0546 e. The Balaban J connectivity index is 1.27. The lowest BCUT2D eigenvalue weighted by molar-refractivity contribution is 0.660. The fourth-order valence-corrected chi connectivity index (χ4v) is 8.47. The van der Waals surface area contributed by atoms with Gasteiger partial charge in [-0.25, -0.2) is 0 Å². The molecule has 0 saturated carbocycles. The van der Waals surface area contributed by atoms with E-state index < -0.39 is 0 Å². The highest BCUT2D eigenvalue weighted by Gasteiger charge is 2.37. The average Bonchev–Trinajstić information content (AvgIpc) is 3.48. The van der Waals surface area contributed by atoms with E-state index in [0.29, 0.717) is 0 Å². The molecule has 0 fully saturated rings. The van der Waals surface area contributed by atoms with E-state index in [1.54, 1.807) is 0 Å². The van der Waals surface area contributed by atoms with Crippen LogP contribution in [0, 0.1) is 0 Å². The second kappa shape index (κ2) is 10.0. The van der Waals surface area contributed by atoms with Crippen molar-refractivity contribution in [1.29, 1.82) is 0 Å². The molecule has 226 valence electrons. The van der Waals surface area contributed by atoms with Gasteiger partial charge in [0.1, 0.15) is 0 Å². The Bertz CT molecular complexity index is 2350. The second-order valence-corrected chi connectivity index (χ2v) is 14.2. The zero-order valence-corrected chi connectivity index (χ0v) is 27.4. The van der Waals surface area contributed by atoms with Gasteiger partial charge in [-0.15, -0.1) is 0 Å². The fourth-order valence-electron chi connectivity index (χ4n) is 8.47. The highest BCUT2D eigenvalue weighted by atomic mass is 15.1. The summed E-state index contributed by atoms with van der Waals surface area (Å²) in [5.74, 6) is 0. The van der Waals surface area contributed by atoms with Gasteiger partial charge < -0.3 is 4.90 Å². The van der Waals surface area contributed by atoms with Crippen molar-refractivity contribution in [3.05, 3.63) is 174 Å². The molecule has 0 bridgehead atoms. The lowest BCUT2D eigenvalue weighted by Gasteiger charge is -2.29. The lowest BCUT2D eigenvalue weighted by Crippen LogP contribution is -2.15. The van der Waals surface area contributed by atoms with Crippen LogP contribution in [0.15, 0.2) is 152 Å². The van der Waals surface area contributed by atoms with Crippen LogP contribution in [0.3, 0.4) is 0 Å². The van der Waals surface area contributed by atoms with E-state index in [0.717, 1.165) is 11.4 Å². The summed E-state index contributed by atoms with van der Waals surface area (Å²) in [6.45, 7) is 9.42. The third-order valence-corrected chi connectivity index (χ3v) is 10.9. The Morgan fingerprint density at radius 1 is 0.383 bits per heavy atom. The largest absolute Gasteiger partial charge is 0.310 e. The molecule has 1 heteroatoms. The van der Waals surface area contributed by atoms with E-state index in [1.165, 1.54) is 72.1 Å². The van der Waals surface area contributed by atoms with Crippen molar-refractivity contribution in [2.45, 2.75) is 38.5 Å².